The normalized spacial score (nSPS) is 29.3. The van der Waals surface area contributed by atoms with E-state index in [1.165, 1.54) is 19.3 Å². The van der Waals surface area contributed by atoms with Gasteiger partial charge in [-0.2, -0.15) is 0 Å². The van der Waals surface area contributed by atoms with E-state index in [1.54, 1.807) is 0 Å². The van der Waals surface area contributed by atoms with E-state index in [9.17, 15) is 4.79 Å². The number of amides is 1. The minimum absolute atomic E-state index is 0. The van der Waals surface area contributed by atoms with Gasteiger partial charge >= 0.3 is 0 Å². The van der Waals surface area contributed by atoms with E-state index >= 15 is 0 Å². The predicted octanol–water partition coefficient (Wildman–Crippen LogP) is 3.27. The number of halogens is 2. The average molecular weight is 404 g/mol. The van der Waals surface area contributed by atoms with E-state index in [2.05, 4.69) is 21.2 Å². The van der Waals surface area contributed by atoms with Crippen LogP contribution in [0.4, 0.5) is 0 Å². The van der Waals surface area contributed by atoms with Gasteiger partial charge in [0.25, 0.3) is 5.91 Å². The molecule has 0 saturated heterocycles. The third-order valence-electron chi connectivity index (χ3n) is 4.87. The van der Waals surface area contributed by atoms with Crippen LogP contribution in [0.5, 0.6) is 5.75 Å². The molecule has 1 aromatic carbocycles. The zero-order chi connectivity index (χ0) is 15.5. The lowest BCUT2D eigenvalue weighted by molar-refractivity contribution is -0.125. The van der Waals surface area contributed by atoms with Crippen LogP contribution in [0.2, 0.25) is 0 Å². The number of fused-ring (bicyclic) bond motifs is 2. The molecular formula is C17H24BrClN2O2. The number of nitrogens with two attached hydrogens (primary N) is 1. The van der Waals surface area contributed by atoms with Gasteiger partial charge in [0.1, 0.15) is 5.75 Å². The highest BCUT2D eigenvalue weighted by Crippen LogP contribution is 2.39. The van der Waals surface area contributed by atoms with E-state index in [0.29, 0.717) is 23.6 Å². The van der Waals surface area contributed by atoms with Crippen molar-refractivity contribution in [3.8, 4) is 5.75 Å². The Labute approximate surface area is 152 Å². The van der Waals surface area contributed by atoms with Crippen LogP contribution >= 0.6 is 28.3 Å². The molecule has 1 aromatic rings. The van der Waals surface area contributed by atoms with Gasteiger partial charge in [-0.25, -0.2) is 0 Å². The second-order valence-corrected chi connectivity index (χ2v) is 7.44. The minimum Gasteiger partial charge on any atom is -0.484 e. The minimum atomic E-state index is -0.0302. The molecule has 0 spiro atoms. The molecular weight excluding hydrogens is 380 g/mol. The highest BCUT2D eigenvalue weighted by molar-refractivity contribution is 9.10. The molecule has 2 bridgehead atoms. The zero-order valence-electron chi connectivity index (χ0n) is 13.0. The van der Waals surface area contributed by atoms with Crippen molar-refractivity contribution in [3.05, 3.63) is 28.7 Å². The van der Waals surface area contributed by atoms with Crippen LogP contribution in [0, 0.1) is 11.8 Å². The van der Waals surface area contributed by atoms with Crippen LogP contribution in [0.15, 0.2) is 28.7 Å². The lowest BCUT2D eigenvalue weighted by Crippen LogP contribution is -2.54. The van der Waals surface area contributed by atoms with E-state index in [0.717, 1.165) is 17.3 Å². The maximum Gasteiger partial charge on any atom is 0.258 e. The first kappa shape index (κ1) is 18.6. The highest BCUT2D eigenvalue weighted by Gasteiger charge is 2.39. The molecule has 2 aliphatic carbocycles. The molecule has 4 nitrogen and oxygen atoms in total. The summed E-state index contributed by atoms with van der Waals surface area (Å²) in [7, 11) is 0. The molecule has 23 heavy (non-hydrogen) atoms. The largest absolute Gasteiger partial charge is 0.484 e. The number of ether oxygens (including phenoxy) is 1. The van der Waals surface area contributed by atoms with Crippen molar-refractivity contribution in [2.45, 2.75) is 44.2 Å². The second kappa shape index (κ2) is 8.36. The molecule has 6 heteroatoms. The molecule has 2 atom stereocenters. The van der Waals surface area contributed by atoms with E-state index < -0.39 is 0 Å². The van der Waals surface area contributed by atoms with Crippen LogP contribution in [-0.4, -0.2) is 24.6 Å². The van der Waals surface area contributed by atoms with Crippen molar-refractivity contribution in [1.82, 2.24) is 5.32 Å². The quantitative estimate of drug-likeness (QED) is 0.811. The first-order valence-electron chi connectivity index (χ1n) is 8.05. The van der Waals surface area contributed by atoms with Crippen LogP contribution in [0.1, 0.15) is 32.1 Å². The summed E-state index contributed by atoms with van der Waals surface area (Å²) in [6.45, 7) is 0.0679. The van der Waals surface area contributed by atoms with Gasteiger partial charge in [0.05, 0.1) is 0 Å². The van der Waals surface area contributed by atoms with Crippen molar-refractivity contribution in [2.24, 2.45) is 17.6 Å². The Morgan fingerprint density at radius 3 is 2.65 bits per heavy atom. The number of rotatable bonds is 4. The van der Waals surface area contributed by atoms with Crippen molar-refractivity contribution in [1.29, 1.82) is 0 Å². The smallest absolute Gasteiger partial charge is 0.258 e. The summed E-state index contributed by atoms with van der Waals surface area (Å²) in [6, 6.07) is 8.13. The van der Waals surface area contributed by atoms with Crippen molar-refractivity contribution >= 4 is 34.2 Å². The molecule has 2 saturated carbocycles. The predicted molar refractivity (Wildman–Crippen MR) is 96.9 cm³/mol. The molecule has 128 valence electrons. The third-order valence-corrected chi connectivity index (χ3v) is 5.36. The van der Waals surface area contributed by atoms with Gasteiger partial charge in [-0.05, 0) is 55.7 Å². The van der Waals surface area contributed by atoms with Crippen molar-refractivity contribution < 1.29 is 9.53 Å². The van der Waals surface area contributed by atoms with E-state index in [4.69, 9.17) is 10.5 Å². The molecule has 0 aromatic heterocycles. The average Bonchev–Trinajstić information content (AvgIpc) is 2.46. The monoisotopic (exact) mass is 402 g/mol. The maximum absolute atomic E-state index is 12.2. The lowest BCUT2D eigenvalue weighted by Gasteiger charge is -2.45. The summed E-state index contributed by atoms with van der Waals surface area (Å²) in [5, 5.41) is 3.20. The Bertz CT molecular complexity index is 529. The third kappa shape index (κ3) is 4.85. The molecule has 0 radical (unpaired) electrons. The Morgan fingerprint density at radius 2 is 2.00 bits per heavy atom. The molecule has 0 heterocycles. The lowest BCUT2D eigenvalue weighted by atomic mass is 9.67. The maximum atomic E-state index is 12.2. The Hall–Kier alpha value is -0.780. The van der Waals surface area contributed by atoms with Gasteiger partial charge in [-0.3, -0.25) is 4.79 Å². The molecule has 2 fully saturated rings. The van der Waals surface area contributed by atoms with Gasteiger partial charge in [-0.1, -0.05) is 28.4 Å². The van der Waals surface area contributed by atoms with Gasteiger partial charge in [-0.15, -0.1) is 12.4 Å². The number of benzene rings is 1. The first-order chi connectivity index (χ1) is 10.6. The number of hydrogen-bond acceptors (Lipinski definition) is 3. The molecule has 2 unspecified atom stereocenters. The summed E-state index contributed by atoms with van der Waals surface area (Å²) >= 11 is 3.39. The fourth-order valence-corrected chi connectivity index (χ4v) is 4.34. The van der Waals surface area contributed by atoms with Crippen LogP contribution in [-0.2, 0) is 4.79 Å². The van der Waals surface area contributed by atoms with Crippen LogP contribution in [0.25, 0.3) is 0 Å². The van der Waals surface area contributed by atoms with Gasteiger partial charge < -0.3 is 15.8 Å². The summed E-state index contributed by atoms with van der Waals surface area (Å²) in [5.74, 6) is 1.75. The highest BCUT2D eigenvalue weighted by atomic mass is 79.9. The number of nitrogens with one attached hydrogen (secondary N) is 1. The van der Waals surface area contributed by atoms with Gasteiger partial charge in [0.2, 0.25) is 0 Å². The second-order valence-electron chi connectivity index (χ2n) is 6.52. The zero-order valence-corrected chi connectivity index (χ0v) is 15.4. The van der Waals surface area contributed by atoms with Gasteiger partial charge in [0, 0.05) is 16.6 Å². The fourth-order valence-electron chi connectivity index (χ4n) is 3.96. The summed E-state index contributed by atoms with van der Waals surface area (Å²) < 4.78 is 6.51. The van der Waals surface area contributed by atoms with Crippen molar-refractivity contribution in [3.63, 3.8) is 0 Å². The topological polar surface area (TPSA) is 64.3 Å². The Morgan fingerprint density at radius 1 is 1.30 bits per heavy atom. The molecule has 0 aliphatic heterocycles. The number of carbonyl (C=O) groups is 1. The van der Waals surface area contributed by atoms with Crippen LogP contribution in [0.3, 0.4) is 0 Å². The Balaban J connectivity index is 0.00000192. The fraction of sp³-hybridized carbons (Fsp3) is 0.588. The van der Waals surface area contributed by atoms with Crippen LogP contribution < -0.4 is 15.8 Å². The van der Waals surface area contributed by atoms with Crippen molar-refractivity contribution in [2.75, 3.05) is 6.61 Å². The standard InChI is InChI=1S/C17H23BrN2O2.ClH/c18-13-5-2-6-15(9-13)22-10-16(21)20-17-11-3-1-4-12(17)8-14(19)7-11;/h2,5-6,9,11-12,14,17H,1,3-4,7-8,10,19H2,(H,20,21);1H. The summed E-state index contributed by atoms with van der Waals surface area (Å²) in [4.78, 5) is 12.2. The molecule has 3 rings (SSSR count). The molecule has 1 amide bonds. The summed E-state index contributed by atoms with van der Waals surface area (Å²) in [5.41, 5.74) is 6.13. The number of carbonyl (C=O) groups excluding carboxylic acids is 1. The molecule has 2 aliphatic rings. The van der Waals surface area contributed by atoms with E-state index in [-0.39, 0.29) is 31.0 Å². The molecule has 3 N–H and O–H groups in total. The first-order valence-corrected chi connectivity index (χ1v) is 8.84. The van der Waals surface area contributed by atoms with E-state index in [1.807, 2.05) is 24.3 Å². The summed E-state index contributed by atoms with van der Waals surface area (Å²) in [6.07, 6.45) is 5.70. The number of hydrogen-bond donors (Lipinski definition) is 2. The van der Waals surface area contributed by atoms with Gasteiger partial charge in [0.15, 0.2) is 6.61 Å². The SMILES string of the molecule is Cl.NC1CC2CCCC(C1)C2NC(=O)COc1cccc(Br)c1. The Kier molecular flexibility index (Phi) is 6.74.